The number of carbonyl (C=O) groups is 3. The summed E-state index contributed by atoms with van der Waals surface area (Å²) in [5.41, 5.74) is 3.33. The van der Waals surface area contributed by atoms with Gasteiger partial charge in [0.15, 0.2) is 5.78 Å². The van der Waals surface area contributed by atoms with Crippen molar-refractivity contribution in [3.05, 3.63) is 64.5 Å². The van der Waals surface area contributed by atoms with Gasteiger partial charge in [-0.3, -0.25) is 14.4 Å². The molecule has 3 atom stereocenters. The van der Waals surface area contributed by atoms with E-state index in [4.69, 9.17) is 0 Å². The number of nitrogens with zero attached hydrogens (tertiary/aromatic N) is 6. The maximum atomic E-state index is 13.8. The van der Waals surface area contributed by atoms with E-state index in [1.165, 1.54) is 6.92 Å². The standard InChI is InChI=1S/C29H28BrN7O3/c1-15-5-6-24(30)34-26(15)35-28(40)22-8-29(4)9-23(29)37(22)25(39)14-36-13-21(16(2)38)20-7-18(10-33-27(20)36)19-11-31-17(3)32-12-19/h5-7,10-13,22-23H,8-9,14H2,1-4H3,(H,34,35,40)/t22-,23+,29-/m0/s1. The number of aryl methyl sites for hydroxylation is 2. The number of hydrogen-bond donors (Lipinski definition) is 1. The van der Waals surface area contributed by atoms with Crippen molar-refractivity contribution in [2.75, 3.05) is 5.32 Å². The highest BCUT2D eigenvalue weighted by Crippen LogP contribution is 2.59. The summed E-state index contributed by atoms with van der Waals surface area (Å²) in [6, 6.07) is 4.96. The number of amides is 2. The highest BCUT2D eigenvalue weighted by Gasteiger charge is 2.64. The monoisotopic (exact) mass is 601 g/mol. The first-order chi connectivity index (χ1) is 19.0. The highest BCUT2D eigenvalue weighted by atomic mass is 79.9. The summed E-state index contributed by atoms with van der Waals surface area (Å²) in [6.45, 7) is 7.27. The molecule has 2 aliphatic rings. The lowest BCUT2D eigenvalue weighted by atomic mass is 10.0. The van der Waals surface area contributed by atoms with Crippen LogP contribution in [0.2, 0.25) is 0 Å². The number of rotatable bonds is 6. The Morgan fingerprint density at radius 3 is 2.52 bits per heavy atom. The van der Waals surface area contributed by atoms with Crippen LogP contribution in [0.3, 0.4) is 0 Å². The van der Waals surface area contributed by atoms with Crippen LogP contribution < -0.4 is 5.32 Å². The number of carbonyl (C=O) groups excluding carboxylic acids is 3. The summed E-state index contributed by atoms with van der Waals surface area (Å²) in [4.78, 5) is 59.0. The third-order valence-electron chi connectivity index (χ3n) is 8.04. The van der Waals surface area contributed by atoms with Gasteiger partial charge in [0.25, 0.3) is 0 Å². The average molecular weight is 602 g/mol. The predicted octanol–water partition coefficient (Wildman–Crippen LogP) is 4.49. The van der Waals surface area contributed by atoms with Gasteiger partial charge in [0.2, 0.25) is 11.8 Å². The fraction of sp³-hybridized carbons (Fsp3) is 0.345. The molecule has 1 aliphatic carbocycles. The highest BCUT2D eigenvalue weighted by molar-refractivity contribution is 9.10. The van der Waals surface area contributed by atoms with Gasteiger partial charge in [-0.2, -0.15) is 0 Å². The molecule has 204 valence electrons. The van der Waals surface area contributed by atoms with Crippen molar-refractivity contribution in [3.63, 3.8) is 0 Å². The summed E-state index contributed by atoms with van der Waals surface area (Å²) in [6.07, 6.45) is 8.26. The Labute approximate surface area is 239 Å². The number of ketones is 1. The van der Waals surface area contributed by atoms with Gasteiger partial charge >= 0.3 is 0 Å². The van der Waals surface area contributed by atoms with E-state index in [1.807, 2.05) is 32.0 Å². The molecule has 2 amide bonds. The Bertz CT molecular complexity index is 1700. The lowest BCUT2D eigenvalue weighted by Gasteiger charge is -2.27. The van der Waals surface area contributed by atoms with Gasteiger partial charge in [0.05, 0.1) is 0 Å². The van der Waals surface area contributed by atoms with E-state index >= 15 is 0 Å². The maximum Gasteiger partial charge on any atom is 0.248 e. The molecule has 0 aromatic carbocycles. The summed E-state index contributed by atoms with van der Waals surface area (Å²) >= 11 is 3.35. The van der Waals surface area contributed by atoms with Crippen molar-refractivity contribution < 1.29 is 14.4 Å². The Morgan fingerprint density at radius 2 is 1.80 bits per heavy atom. The lowest BCUT2D eigenvalue weighted by Crippen LogP contribution is -2.46. The number of halogens is 1. The van der Waals surface area contributed by atoms with Crippen molar-refractivity contribution in [1.82, 2.24) is 29.4 Å². The number of likely N-dealkylation sites (tertiary alicyclic amines) is 1. The zero-order chi connectivity index (χ0) is 28.3. The molecule has 0 unspecified atom stereocenters. The quantitative estimate of drug-likeness (QED) is 0.255. The van der Waals surface area contributed by atoms with Crippen LogP contribution in [0.5, 0.6) is 0 Å². The molecule has 40 heavy (non-hydrogen) atoms. The lowest BCUT2D eigenvalue weighted by molar-refractivity contribution is -0.138. The number of anilines is 1. The number of aromatic nitrogens is 5. The molecule has 0 spiro atoms. The predicted molar refractivity (Wildman–Crippen MR) is 153 cm³/mol. The average Bonchev–Trinajstić information content (AvgIpc) is 3.28. The minimum absolute atomic E-state index is 0.00233. The summed E-state index contributed by atoms with van der Waals surface area (Å²) in [7, 11) is 0. The SMILES string of the molecule is CC(=O)c1cn(CC(=O)N2[C@H](C(=O)Nc3nc(Br)ccc3C)C[C@@]3(C)C[C@@H]23)c2ncc(-c3cnc(C)nc3)cc12. The van der Waals surface area contributed by atoms with E-state index in [9.17, 15) is 14.4 Å². The molecule has 1 aliphatic heterocycles. The van der Waals surface area contributed by atoms with E-state index in [2.05, 4.69) is 48.1 Å². The van der Waals surface area contributed by atoms with E-state index in [-0.39, 0.29) is 35.6 Å². The van der Waals surface area contributed by atoms with Crippen molar-refractivity contribution >= 4 is 50.4 Å². The molecule has 0 bridgehead atoms. The Balaban J connectivity index is 1.29. The first-order valence-electron chi connectivity index (χ1n) is 13.1. The van der Waals surface area contributed by atoms with Gasteiger partial charge in [-0.25, -0.2) is 19.9 Å². The minimum Gasteiger partial charge on any atom is -0.326 e. The fourth-order valence-corrected chi connectivity index (χ4v) is 6.00. The van der Waals surface area contributed by atoms with Crippen LogP contribution in [-0.4, -0.2) is 59.1 Å². The van der Waals surface area contributed by atoms with Crippen molar-refractivity contribution in [2.45, 2.75) is 59.2 Å². The molecule has 4 aromatic rings. The zero-order valence-electron chi connectivity index (χ0n) is 22.6. The molecule has 1 saturated heterocycles. The fourth-order valence-electron chi connectivity index (χ4n) is 5.69. The van der Waals surface area contributed by atoms with Crippen molar-refractivity contribution in [1.29, 1.82) is 0 Å². The van der Waals surface area contributed by atoms with Gasteiger partial charge in [-0.15, -0.1) is 0 Å². The van der Waals surface area contributed by atoms with Gasteiger partial charge in [-0.1, -0.05) is 13.0 Å². The number of Topliss-reactive ketones (excluding diaryl/α,β-unsaturated/α-hetero) is 1. The molecule has 4 aromatic heterocycles. The molecule has 1 saturated carbocycles. The number of fused-ring (bicyclic) bond motifs is 2. The third kappa shape index (κ3) is 4.57. The van der Waals surface area contributed by atoms with Crippen LogP contribution in [0.15, 0.2) is 47.6 Å². The van der Waals surface area contributed by atoms with Crippen molar-refractivity contribution in [2.24, 2.45) is 5.41 Å². The first kappa shape index (κ1) is 26.2. The Morgan fingerprint density at radius 1 is 1.07 bits per heavy atom. The van der Waals surface area contributed by atoms with Crippen LogP contribution in [0, 0.1) is 19.3 Å². The molecule has 11 heteroatoms. The number of nitrogens with one attached hydrogen (secondary N) is 1. The van der Waals surface area contributed by atoms with Crippen LogP contribution >= 0.6 is 15.9 Å². The Hall–Kier alpha value is -3.99. The first-order valence-corrected chi connectivity index (χ1v) is 13.9. The number of pyridine rings is 2. The smallest absolute Gasteiger partial charge is 0.248 e. The molecule has 0 radical (unpaired) electrons. The van der Waals surface area contributed by atoms with E-state index in [0.717, 1.165) is 23.1 Å². The normalized spacial score (nSPS) is 21.4. The second-order valence-corrected chi connectivity index (χ2v) is 11.8. The van der Waals surface area contributed by atoms with E-state index in [1.54, 1.807) is 34.3 Å². The topological polar surface area (TPSA) is 123 Å². The van der Waals surface area contributed by atoms with E-state index in [0.29, 0.717) is 39.3 Å². The molecular formula is C29H28BrN7O3. The van der Waals surface area contributed by atoms with Gasteiger partial charge in [0, 0.05) is 52.9 Å². The molecule has 2 fully saturated rings. The van der Waals surface area contributed by atoms with Crippen LogP contribution in [0.25, 0.3) is 22.2 Å². The van der Waals surface area contributed by atoms with Gasteiger partial charge in [-0.05, 0) is 72.7 Å². The molecule has 1 N–H and O–H groups in total. The minimum atomic E-state index is -0.605. The van der Waals surface area contributed by atoms with Gasteiger partial charge in [0.1, 0.15) is 34.5 Å². The largest absolute Gasteiger partial charge is 0.326 e. The number of hydrogen-bond acceptors (Lipinski definition) is 7. The molecule has 10 nitrogen and oxygen atoms in total. The molecular weight excluding hydrogens is 574 g/mol. The second kappa shape index (κ2) is 9.58. The van der Waals surface area contributed by atoms with E-state index < -0.39 is 6.04 Å². The number of piperidine rings is 1. The summed E-state index contributed by atoms with van der Waals surface area (Å²) < 4.78 is 2.32. The van der Waals surface area contributed by atoms with Gasteiger partial charge < -0.3 is 14.8 Å². The second-order valence-electron chi connectivity index (χ2n) is 11.0. The third-order valence-corrected chi connectivity index (χ3v) is 8.49. The van der Waals surface area contributed by atoms with Crippen molar-refractivity contribution in [3.8, 4) is 11.1 Å². The molecule has 6 rings (SSSR count). The zero-order valence-corrected chi connectivity index (χ0v) is 24.2. The summed E-state index contributed by atoms with van der Waals surface area (Å²) in [5.74, 6) is 0.574. The Kier molecular flexibility index (Phi) is 6.29. The maximum absolute atomic E-state index is 13.8. The van der Waals surface area contributed by atoms with Crippen LogP contribution in [0.4, 0.5) is 5.82 Å². The van der Waals surface area contributed by atoms with Crippen LogP contribution in [-0.2, 0) is 16.1 Å². The van der Waals surface area contributed by atoms with Crippen LogP contribution in [0.1, 0.15) is 48.4 Å². The molecule has 5 heterocycles. The summed E-state index contributed by atoms with van der Waals surface area (Å²) in [5, 5.41) is 3.58.